The maximum absolute atomic E-state index is 13.0. The lowest BCUT2D eigenvalue weighted by atomic mass is 9.98. The van der Waals surface area contributed by atoms with Crippen LogP contribution in [0, 0.1) is 32.6 Å². The standard InChI is InChI=1S/C36H45N5O5S/c1-22-23(2)47-33-30(22)31(37-28(21-29(42)45-35(4,5)6)32-39-38-24(3)41(32)33)26-14-12-25(13-15-26)11-10-20-44-27-16-18-40(19-17-27)34(43)46-36(7,8)9/h12-15,27-28H,16-21H2,1-9H3/t28-/m0/s1. The van der Waals surface area contributed by atoms with E-state index in [0.29, 0.717) is 25.5 Å². The number of aliphatic imine (C=N–C) groups is 1. The van der Waals surface area contributed by atoms with E-state index in [4.69, 9.17) is 19.2 Å². The van der Waals surface area contributed by atoms with Gasteiger partial charge in [0.15, 0.2) is 5.82 Å². The zero-order valence-corrected chi connectivity index (χ0v) is 29.7. The van der Waals surface area contributed by atoms with Gasteiger partial charge >= 0.3 is 12.1 Å². The fourth-order valence-electron chi connectivity index (χ4n) is 5.61. The van der Waals surface area contributed by atoms with E-state index in [0.717, 1.165) is 51.6 Å². The molecule has 1 saturated heterocycles. The predicted octanol–water partition coefficient (Wildman–Crippen LogP) is 6.65. The zero-order chi connectivity index (χ0) is 34.1. The first kappa shape index (κ1) is 34.3. The summed E-state index contributed by atoms with van der Waals surface area (Å²) in [5.74, 6) is 7.38. The zero-order valence-electron chi connectivity index (χ0n) is 28.9. The molecule has 0 spiro atoms. The number of amides is 1. The molecule has 1 amide bonds. The van der Waals surface area contributed by atoms with E-state index in [1.165, 1.54) is 4.88 Å². The molecule has 4 heterocycles. The third-order valence-corrected chi connectivity index (χ3v) is 9.09. The normalized spacial score (nSPS) is 16.7. The summed E-state index contributed by atoms with van der Waals surface area (Å²) in [6.07, 6.45) is 1.35. The van der Waals surface area contributed by atoms with Crippen molar-refractivity contribution in [2.24, 2.45) is 4.99 Å². The van der Waals surface area contributed by atoms with E-state index in [1.807, 2.05) is 77.3 Å². The fourth-order valence-corrected chi connectivity index (χ4v) is 6.82. The minimum atomic E-state index is -0.606. The molecule has 11 heteroatoms. The van der Waals surface area contributed by atoms with Crippen molar-refractivity contribution in [3.63, 3.8) is 0 Å². The largest absolute Gasteiger partial charge is 0.460 e. The van der Waals surface area contributed by atoms with Crippen LogP contribution in [0.15, 0.2) is 29.3 Å². The fraction of sp³-hybridized carbons (Fsp3) is 0.528. The highest BCUT2D eigenvalue weighted by Gasteiger charge is 2.33. The Balaban J connectivity index is 1.31. The van der Waals surface area contributed by atoms with Gasteiger partial charge in [-0.15, -0.1) is 21.5 Å². The molecule has 2 aliphatic heterocycles. The second-order valence-corrected chi connectivity index (χ2v) is 15.2. The van der Waals surface area contributed by atoms with Gasteiger partial charge in [0, 0.05) is 34.7 Å². The molecule has 250 valence electrons. The highest BCUT2D eigenvalue weighted by Crippen LogP contribution is 2.39. The maximum Gasteiger partial charge on any atom is 0.410 e. The van der Waals surface area contributed by atoms with E-state index in [9.17, 15) is 9.59 Å². The Morgan fingerprint density at radius 3 is 2.26 bits per heavy atom. The Kier molecular flexibility index (Phi) is 9.94. The Labute approximate surface area is 281 Å². The van der Waals surface area contributed by atoms with Crippen LogP contribution in [0.1, 0.15) is 106 Å². The Morgan fingerprint density at radius 1 is 0.957 bits per heavy atom. The van der Waals surface area contributed by atoms with Gasteiger partial charge in [-0.3, -0.25) is 14.4 Å². The van der Waals surface area contributed by atoms with Crippen molar-refractivity contribution in [2.45, 2.75) is 105 Å². The van der Waals surface area contributed by atoms with E-state index in [2.05, 4.69) is 35.9 Å². The number of fused-ring (bicyclic) bond motifs is 3. The summed E-state index contributed by atoms with van der Waals surface area (Å²) in [4.78, 5) is 33.4. The van der Waals surface area contributed by atoms with Gasteiger partial charge in [0.05, 0.1) is 18.2 Å². The molecule has 3 aromatic rings. The number of aryl methyl sites for hydroxylation is 2. The first-order valence-corrected chi connectivity index (χ1v) is 16.9. The summed E-state index contributed by atoms with van der Waals surface area (Å²) in [5, 5.41) is 9.84. The molecule has 2 aliphatic rings. The number of nitrogens with zero attached hydrogens (tertiary/aromatic N) is 5. The van der Waals surface area contributed by atoms with Gasteiger partial charge in [-0.25, -0.2) is 4.79 Å². The highest BCUT2D eigenvalue weighted by atomic mass is 32.1. The molecular weight excluding hydrogens is 614 g/mol. The van der Waals surface area contributed by atoms with Crippen LogP contribution in [0.2, 0.25) is 0 Å². The van der Waals surface area contributed by atoms with Crippen molar-refractivity contribution in [3.05, 3.63) is 63.0 Å². The number of carbonyl (C=O) groups excluding carboxylic acids is 2. The van der Waals surface area contributed by atoms with Gasteiger partial charge < -0.3 is 19.1 Å². The number of carbonyl (C=O) groups is 2. The SMILES string of the molecule is Cc1sc2c(c1C)C(c1ccc(C#CCOC3CCN(C(=O)OC(C)(C)C)CC3)cc1)=N[C@@H](CC(=O)OC(C)(C)C)c1nnc(C)n1-2. The van der Waals surface area contributed by atoms with Gasteiger partial charge in [-0.2, -0.15) is 0 Å². The lowest BCUT2D eigenvalue weighted by molar-refractivity contribution is -0.155. The lowest BCUT2D eigenvalue weighted by Gasteiger charge is -2.33. The number of hydrogen-bond acceptors (Lipinski definition) is 9. The first-order chi connectivity index (χ1) is 22.1. The smallest absolute Gasteiger partial charge is 0.410 e. The highest BCUT2D eigenvalue weighted by molar-refractivity contribution is 7.15. The number of hydrogen-bond donors (Lipinski definition) is 0. The van der Waals surface area contributed by atoms with Crippen LogP contribution in [0.5, 0.6) is 0 Å². The van der Waals surface area contributed by atoms with Gasteiger partial charge in [0.1, 0.15) is 34.7 Å². The third-order valence-electron chi connectivity index (χ3n) is 7.90. The number of aromatic nitrogens is 3. The molecule has 10 nitrogen and oxygen atoms in total. The quantitative estimate of drug-likeness (QED) is 0.223. The summed E-state index contributed by atoms with van der Waals surface area (Å²) >= 11 is 1.68. The molecule has 1 atom stereocenters. The topological polar surface area (TPSA) is 108 Å². The average Bonchev–Trinajstić information content (AvgIpc) is 3.46. The van der Waals surface area contributed by atoms with Crippen LogP contribution in [0.25, 0.3) is 5.00 Å². The monoisotopic (exact) mass is 659 g/mol. The minimum Gasteiger partial charge on any atom is -0.460 e. The molecule has 0 bridgehead atoms. The first-order valence-electron chi connectivity index (χ1n) is 16.1. The average molecular weight is 660 g/mol. The van der Waals surface area contributed by atoms with Crippen molar-refractivity contribution >= 4 is 29.1 Å². The van der Waals surface area contributed by atoms with Crippen molar-refractivity contribution in [1.82, 2.24) is 19.7 Å². The second kappa shape index (κ2) is 13.6. The predicted molar refractivity (Wildman–Crippen MR) is 182 cm³/mol. The number of thiophene rings is 1. The number of ether oxygens (including phenoxy) is 3. The van der Waals surface area contributed by atoms with Crippen LogP contribution in [0.3, 0.4) is 0 Å². The number of benzene rings is 1. The Bertz CT molecular complexity index is 1720. The number of piperidine rings is 1. The number of likely N-dealkylation sites (tertiary alicyclic amines) is 1. The Hall–Kier alpha value is -4.01. The van der Waals surface area contributed by atoms with Crippen LogP contribution >= 0.6 is 11.3 Å². The number of rotatable bonds is 5. The molecule has 0 saturated carbocycles. The molecule has 1 aromatic carbocycles. The van der Waals surface area contributed by atoms with Crippen LogP contribution in [-0.2, 0) is 19.0 Å². The van der Waals surface area contributed by atoms with Crippen molar-refractivity contribution < 1.29 is 23.8 Å². The van der Waals surface area contributed by atoms with Crippen molar-refractivity contribution in [1.29, 1.82) is 0 Å². The minimum absolute atomic E-state index is 0.0511. The van der Waals surface area contributed by atoms with E-state index < -0.39 is 17.2 Å². The lowest BCUT2D eigenvalue weighted by Crippen LogP contribution is -2.43. The van der Waals surface area contributed by atoms with E-state index in [-0.39, 0.29) is 24.6 Å². The van der Waals surface area contributed by atoms with Crippen LogP contribution in [0.4, 0.5) is 4.79 Å². The number of esters is 1. The molecular formula is C36H45N5O5S. The van der Waals surface area contributed by atoms with Crippen LogP contribution in [-0.4, -0.2) is 74.4 Å². The van der Waals surface area contributed by atoms with Crippen molar-refractivity contribution in [3.8, 4) is 16.8 Å². The van der Waals surface area contributed by atoms with Crippen LogP contribution < -0.4 is 0 Å². The van der Waals surface area contributed by atoms with Crippen molar-refractivity contribution in [2.75, 3.05) is 19.7 Å². The van der Waals surface area contributed by atoms with E-state index in [1.54, 1.807) is 16.2 Å². The molecule has 0 aliphatic carbocycles. The Morgan fingerprint density at radius 2 is 1.62 bits per heavy atom. The molecule has 1 fully saturated rings. The van der Waals surface area contributed by atoms with Gasteiger partial charge in [0.2, 0.25) is 0 Å². The summed E-state index contributed by atoms with van der Waals surface area (Å²) < 4.78 is 19.2. The maximum atomic E-state index is 13.0. The molecule has 0 N–H and O–H groups in total. The summed E-state index contributed by atoms with van der Waals surface area (Å²) in [5.41, 5.74) is 3.65. The molecule has 0 radical (unpaired) electrons. The molecule has 47 heavy (non-hydrogen) atoms. The summed E-state index contributed by atoms with van der Waals surface area (Å²) in [6, 6.07) is 7.45. The molecule has 2 aromatic heterocycles. The third kappa shape index (κ3) is 8.29. The summed E-state index contributed by atoms with van der Waals surface area (Å²) in [6.45, 7) is 18.9. The van der Waals surface area contributed by atoms with Gasteiger partial charge in [-0.05, 0) is 92.9 Å². The van der Waals surface area contributed by atoms with E-state index >= 15 is 0 Å². The summed E-state index contributed by atoms with van der Waals surface area (Å²) in [7, 11) is 0. The second-order valence-electron chi connectivity index (χ2n) is 14.0. The molecule has 0 unspecified atom stereocenters. The van der Waals surface area contributed by atoms with Gasteiger partial charge in [-0.1, -0.05) is 24.0 Å². The molecule has 5 rings (SSSR count). The van der Waals surface area contributed by atoms with Gasteiger partial charge in [0.25, 0.3) is 0 Å².